The molecular formula is C32H44O2Si. The minimum absolute atomic E-state index is 0.0265. The first-order chi connectivity index (χ1) is 16.1. The van der Waals surface area contributed by atoms with Gasteiger partial charge in [-0.25, -0.2) is 0 Å². The van der Waals surface area contributed by atoms with E-state index in [9.17, 15) is 0 Å². The van der Waals surface area contributed by atoms with E-state index in [1.165, 1.54) is 33.4 Å². The van der Waals surface area contributed by atoms with Gasteiger partial charge in [-0.1, -0.05) is 102 Å². The van der Waals surface area contributed by atoms with Crippen molar-refractivity contribution in [2.24, 2.45) is 11.8 Å². The monoisotopic (exact) mass is 488 g/mol. The second-order valence-corrected chi connectivity index (χ2v) is 17.7. The molecule has 4 rings (SSSR count). The van der Waals surface area contributed by atoms with Crippen LogP contribution in [0.4, 0.5) is 0 Å². The summed E-state index contributed by atoms with van der Waals surface area (Å²) < 4.78 is 12.5. The van der Waals surface area contributed by atoms with Gasteiger partial charge in [-0.3, -0.25) is 0 Å². The van der Waals surface area contributed by atoms with Crippen molar-refractivity contribution in [1.82, 2.24) is 0 Å². The van der Waals surface area contributed by atoms with Gasteiger partial charge in [0.25, 0.3) is 0 Å². The highest BCUT2D eigenvalue weighted by atomic mass is 28.3. The Morgan fingerprint density at radius 3 is 1.31 bits per heavy atom. The molecule has 3 heteroatoms. The molecule has 2 aliphatic rings. The zero-order valence-corrected chi connectivity index (χ0v) is 24.9. The van der Waals surface area contributed by atoms with Crippen molar-refractivity contribution >= 4 is 19.2 Å². The fourth-order valence-electron chi connectivity index (χ4n) is 6.28. The van der Waals surface area contributed by atoms with Crippen LogP contribution in [-0.4, -0.2) is 8.07 Å². The van der Waals surface area contributed by atoms with Gasteiger partial charge in [-0.15, -0.1) is 0 Å². The highest BCUT2D eigenvalue weighted by Crippen LogP contribution is 2.52. The topological polar surface area (TPSA) is 26.3 Å². The third kappa shape index (κ3) is 4.20. The van der Waals surface area contributed by atoms with Crippen molar-refractivity contribution in [2.45, 2.75) is 93.2 Å². The highest BCUT2D eigenvalue weighted by Gasteiger charge is 2.45. The van der Waals surface area contributed by atoms with Gasteiger partial charge in [0.2, 0.25) is 0 Å². The Morgan fingerprint density at radius 2 is 1.00 bits per heavy atom. The maximum absolute atomic E-state index is 6.24. The normalized spacial score (nSPS) is 21.8. The third-order valence-corrected chi connectivity index (χ3v) is 12.4. The van der Waals surface area contributed by atoms with Crippen LogP contribution in [-0.2, 0) is 10.8 Å². The molecule has 0 amide bonds. The van der Waals surface area contributed by atoms with E-state index in [-0.39, 0.29) is 10.8 Å². The van der Waals surface area contributed by atoms with E-state index < -0.39 is 8.07 Å². The predicted molar refractivity (Wildman–Crippen MR) is 152 cm³/mol. The van der Waals surface area contributed by atoms with Crippen molar-refractivity contribution in [1.29, 1.82) is 0 Å². The number of furan rings is 2. The minimum Gasteiger partial charge on any atom is -0.464 e. The summed E-state index contributed by atoms with van der Waals surface area (Å²) in [5.74, 6) is 2.93. The van der Waals surface area contributed by atoms with Crippen LogP contribution in [0.2, 0.25) is 13.1 Å². The molecule has 2 unspecified atom stereocenters. The lowest BCUT2D eigenvalue weighted by Crippen LogP contribution is -2.38. The molecule has 2 aromatic rings. The molecular weight excluding hydrogens is 444 g/mol. The van der Waals surface area contributed by atoms with Gasteiger partial charge in [0, 0.05) is 22.3 Å². The van der Waals surface area contributed by atoms with E-state index in [0.717, 1.165) is 11.5 Å². The summed E-state index contributed by atoms with van der Waals surface area (Å²) in [6, 6.07) is 4.32. The summed E-state index contributed by atoms with van der Waals surface area (Å²) in [5, 5.41) is 3.17. The average Bonchev–Trinajstić information content (AvgIpc) is 3.48. The fourth-order valence-corrected chi connectivity index (χ4v) is 10.9. The summed E-state index contributed by atoms with van der Waals surface area (Å²) in [5.41, 5.74) is 8.13. The lowest BCUT2D eigenvalue weighted by atomic mass is 9.86. The molecule has 0 aliphatic heterocycles. The van der Waals surface area contributed by atoms with Crippen molar-refractivity contribution < 1.29 is 8.83 Å². The Bertz CT molecular complexity index is 1170. The first-order valence-corrected chi connectivity index (χ1v) is 16.1. The molecule has 0 radical (unpaired) electrons. The van der Waals surface area contributed by atoms with Gasteiger partial charge in [-0.2, -0.15) is 0 Å². The van der Waals surface area contributed by atoms with Crippen molar-refractivity contribution in [3.8, 4) is 0 Å². The quantitative estimate of drug-likeness (QED) is 0.400. The predicted octanol–water partition coefficient (Wildman–Crippen LogP) is 9.65. The van der Waals surface area contributed by atoms with E-state index in [1.54, 1.807) is 10.4 Å². The zero-order valence-electron chi connectivity index (χ0n) is 23.9. The molecule has 0 fully saturated rings. The maximum Gasteiger partial charge on any atom is 0.137 e. The van der Waals surface area contributed by atoms with Gasteiger partial charge in [0.15, 0.2) is 0 Å². The Kier molecular flexibility index (Phi) is 6.20. The molecule has 188 valence electrons. The van der Waals surface area contributed by atoms with E-state index in [4.69, 9.17) is 8.83 Å². The largest absolute Gasteiger partial charge is 0.464 e. The van der Waals surface area contributed by atoms with Gasteiger partial charge in [-0.05, 0) is 48.6 Å². The standard InChI is InChI=1S/C32H44O2Si/c1-19-17-23(27-25(13-15-33-27)31(5,6)7)29(21(19)3)35(11,12)30-22(4)20(2)18-24(30)28-26(14-16-34-28)32(8,9)10/h13-18,21-22H,1-12H3. The molecule has 0 aromatic carbocycles. The molecule has 2 atom stereocenters. The molecule has 0 saturated carbocycles. The summed E-state index contributed by atoms with van der Waals surface area (Å²) >= 11 is 0. The molecule has 0 N–H and O–H groups in total. The molecule has 0 spiro atoms. The van der Waals surface area contributed by atoms with Crippen LogP contribution < -0.4 is 0 Å². The number of hydrogen-bond donors (Lipinski definition) is 0. The number of allylic oxidation sites excluding steroid dienone is 8. The van der Waals surface area contributed by atoms with Crippen LogP contribution in [0.25, 0.3) is 11.1 Å². The first-order valence-electron chi connectivity index (χ1n) is 13.1. The lowest BCUT2D eigenvalue weighted by Gasteiger charge is -2.35. The van der Waals surface area contributed by atoms with Gasteiger partial charge >= 0.3 is 0 Å². The van der Waals surface area contributed by atoms with Crippen molar-refractivity contribution in [3.05, 3.63) is 81.0 Å². The van der Waals surface area contributed by atoms with Crippen LogP contribution in [0.3, 0.4) is 0 Å². The van der Waals surface area contributed by atoms with Gasteiger partial charge in [0.1, 0.15) is 19.6 Å². The summed E-state index contributed by atoms with van der Waals surface area (Å²) in [7, 11) is -2.11. The van der Waals surface area contributed by atoms with Gasteiger partial charge < -0.3 is 8.83 Å². The Hall–Kier alpha value is -2.26. The summed E-state index contributed by atoms with van der Waals surface area (Å²) in [6.07, 6.45) is 8.54. The highest BCUT2D eigenvalue weighted by molar-refractivity contribution is 6.92. The van der Waals surface area contributed by atoms with E-state index in [2.05, 4.69) is 107 Å². The van der Waals surface area contributed by atoms with E-state index >= 15 is 0 Å². The second-order valence-electron chi connectivity index (χ2n) is 13.3. The van der Waals surface area contributed by atoms with Gasteiger partial charge in [0.05, 0.1) is 12.5 Å². The van der Waals surface area contributed by atoms with E-state index in [1.807, 2.05) is 12.5 Å². The Balaban J connectivity index is 1.98. The lowest BCUT2D eigenvalue weighted by molar-refractivity contribution is 0.524. The number of hydrogen-bond acceptors (Lipinski definition) is 2. The molecule has 2 heterocycles. The Labute approximate surface area is 213 Å². The summed E-state index contributed by atoms with van der Waals surface area (Å²) in [6.45, 7) is 28.1. The van der Waals surface area contributed by atoms with Crippen LogP contribution in [0.15, 0.2) is 67.2 Å². The average molecular weight is 489 g/mol. The molecule has 2 nitrogen and oxygen atoms in total. The number of rotatable bonds is 4. The molecule has 2 aromatic heterocycles. The maximum atomic E-state index is 6.24. The van der Waals surface area contributed by atoms with Crippen LogP contribution in [0.5, 0.6) is 0 Å². The smallest absolute Gasteiger partial charge is 0.137 e. The third-order valence-electron chi connectivity index (χ3n) is 8.34. The zero-order chi connectivity index (χ0) is 26.1. The van der Waals surface area contributed by atoms with Crippen molar-refractivity contribution in [2.75, 3.05) is 0 Å². The fraction of sp³-hybridized carbons (Fsp3) is 0.500. The van der Waals surface area contributed by atoms with Crippen LogP contribution >= 0.6 is 0 Å². The minimum atomic E-state index is -2.11. The molecule has 0 saturated heterocycles. The Morgan fingerprint density at radius 1 is 0.657 bits per heavy atom. The first kappa shape index (κ1) is 25.8. The van der Waals surface area contributed by atoms with Crippen molar-refractivity contribution in [3.63, 3.8) is 0 Å². The SMILES string of the molecule is CC1=CC(c2occc2C(C)(C)C)=C([Si](C)(C)C2=C(c3occc3C(C)(C)C)C=C(C)C2C)C1C. The molecule has 2 aliphatic carbocycles. The van der Waals surface area contributed by atoms with Crippen LogP contribution in [0, 0.1) is 11.8 Å². The summed E-state index contributed by atoms with van der Waals surface area (Å²) in [4.78, 5) is 0. The molecule has 35 heavy (non-hydrogen) atoms. The van der Waals surface area contributed by atoms with E-state index in [0.29, 0.717) is 11.8 Å². The van der Waals surface area contributed by atoms with Crippen LogP contribution in [0.1, 0.15) is 91.9 Å². The molecule has 0 bridgehead atoms. The second kappa shape index (κ2) is 8.40.